The van der Waals surface area contributed by atoms with E-state index in [1.54, 1.807) is 25.3 Å². The zero-order chi connectivity index (χ0) is 20.4. The largest absolute Gasteiger partial charge is 0.493 e. The van der Waals surface area contributed by atoms with Crippen molar-refractivity contribution in [3.8, 4) is 11.5 Å². The van der Waals surface area contributed by atoms with Gasteiger partial charge < -0.3 is 20.1 Å². The Morgan fingerprint density at radius 3 is 2.50 bits per heavy atom. The number of nitrogens with one attached hydrogen (secondary N) is 2. The van der Waals surface area contributed by atoms with Crippen LogP contribution in [0.4, 0.5) is 5.69 Å². The maximum atomic E-state index is 11.9. The molecule has 28 heavy (non-hydrogen) atoms. The summed E-state index contributed by atoms with van der Waals surface area (Å²) in [6, 6.07) is 12.7. The highest BCUT2D eigenvalue weighted by Crippen LogP contribution is 2.28. The molecule has 0 radical (unpaired) electrons. The van der Waals surface area contributed by atoms with Crippen molar-refractivity contribution < 1.29 is 19.1 Å². The van der Waals surface area contributed by atoms with Gasteiger partial charge >= 0.3 is 0 Å². The molecule has 0 aliphatic carbocycles. The van der Waals surface area contributed by atoms with E-state index in [4.69, 9.17) is 9.47 Å². The molecule has 0 aliphatic heterocycles. The number of allylic oxidation sites excluding steroid dienone is 1. The molecule has 0 spiro atoms. The molecule has 0 aliphatic rings. The fourth-order valence-corrected chi connectivity index (χ4v) is 2.63. The third-order valence-electron chi connectivity index (χ3n) is 3.71. The van der Waals surface area contributed by atoms with Crippen LogP contribution >= 0.6 is 15.9 Å². The van der Waals surface area contributed by atoms with E-state index in [1.807, 2.05) is 43.3 Å². The van der Waals surface area contributed by atoms with Crippen molar-refractivity contribution in [2.45, 2.75) is 13.3 Å². The van der Waals surface area contributed by atoms with Crippen LogP contribution in [0.25, 0.3) is 6.08 Å². The van der Waals surface area contributed by atoms with E-state index >= 15 is 0 Å². The maximum absolute atomic E-state index is 11.9. The minimum atomic E-state index is -0.309. The Morgan fingerprint density at radius 2 is 1.82 bits per heavy atom. The second-order valence-corrected chi connectivity index (χ2v) is 6.77. The van der Waals surface area contributed by atoms with Gasteiger partial charge in [0.25, 0.3) is 5.91 Å². The molecule has 0 saturated heterocycles. The van der Waals surface area contributed by atoms with Crippen molar-refractivity contribution in [2.75, 3.05) is 25.6 Å². The second-order valence-electron chi connectivity index (χ2n) is 5.85. The second kappa shape index (κ2) is 11.1. The first-order valence-electron chi connectivity index (χ1n) is 8.77. The maximum Gasteiger partial charge on any atom is 0.257 e. The zero-order valence-corrected chi connectivity index (χ0v) is 17.4. The number of amides is 2. The molecule has 0 fully saturated rings. The Morgan fingerprint density at radius 1 is 1.07 bits per heavy atom. The Hall–Kier alpha value is -2.80. The lowest BCUT2D eigenvalue weighted by molar-refractivity contribution is -0.123. The molecule has 0 atom stereocenters. The van der Waals surface area contributed by atoms with Crippen molar-refractivity contribution in [3.63, 3.8) is 0 Å². The van der Waals surface area contributed by atoms with E-state index in [0.29, 0.717) is 17.2 Å². The molecule has 0 bridgehead atoms. The van der Waals surface area contributed by atoms with E-state index in [-0.39, 0.29) is 31.4 Å². The molecular weight excluding hydrogens is 424 g/mol. The van der Waals surface area contributed by atoms with Gasteiger partial charge in [0.15, 0.2) is 18.1 Å². The van der Waals surface area contributed by atoms with Crippen molar-refractivity contribution in [1.82, 2.24) is 5.32 Å². The first kappa shape index (κ1) is 21.5. The van der Waals surface area contributed by atoms with Gasteiger partial charge in [0.05, 0.1) is 7.11 Å². The lowest BCUT2D eigenvalue weighted by atomic mass is 10.2. The highest BCUT2D eigenvalue weighted by atomic mass is 79.9. The number of hydrogen-bond acceptors (Lipinski definition) is 4. The Kier molecular flexibility index (Phi) is 8.55. The quantitative estimate of drug-likeness (QED) is 0.609. The highest BCUT2D eigenvalue weighted by Gasteiger charge is 2.09. The van der Waals surface area contributed by atoms with Crippen LogP contribution in [0.5, 0.6) is 11.5 Å². The fourth-order valence-electron chi connectivity index (χ4n) is 2.37. The Balaban J connectivity index is 1.74. The normalized spacial score (nSPS) is 10.5. The molecule has 7 heteroatoms. The van der Waals surface area contributed by atoms with Crippen molar-refractivity contribution in [3.05, 3.63) is 58.6 Å². The standard InChI is InChI=1S/C21H23BrN2O4/c1-3-4-15-5-10-18(19(13-15)27-2)28-14-21(26)23-12-11-20(25)24-17-8-6-16(22)7-9-17/h3-10,13H,11-12,14H2,1-2H3,(H,23,26)(H,24,25)/b4-3+. The van der Waals surface area contributed by atoms with Gasteiger partial charge in [-0.2, -0.15) is 0 Å². The van der Waals surface area contributed by atoms with Gasteiger partial charge in [-0.15, -0.1) is 0 Å². The van der Waals surface area contributed by atoms with E-state index in [1.165, 1.54) is 0 Å². The number of anilines is 1. The minimum absolute atomic E-state index is 0.159. The summed E-state index contributed by atoms with van der Waals surface area (Å²) in [7, 11) is 1.55. The van der Waals surface area contributed by atoms with E-state index in [9.17, 15) is 9.59 Å². The summed E-state index contributed by atoms with van der Waals surface area (Å²) >= 11 is 3.34. The number of rotatable bonds is 9. The van der Waals surface area contributed by atoms with Crippen LogP contribution in [0.1, 0.15) is 18.9 Å². The van der Waals surface area contributed by atoms with Crippen molar-refractivity contribution in [1.29, 1.82) is 0 Å². The van der Waals surface area contributed by atoms with Gasteiger partial charge in [-0.3, -0.25) is 9.59 Å². The summed E-state index contributed by atoms with van der Waals surface area (Å²) in [4.78, 5) is 23.8. The van der Waals surface area contributed by atoms with Crippen LogP contribution in [-0.4, -0.2) is 32.1 Å². The lowest BCUT2D eigenvalue weighted by Crippen LogP contribution is -2.31. The first-order valence-corrected chi connectivity index (χ1v) is 9.56. The summed E-state index contributed by atoms with van der Waals surface area (Å²) in [6.07, 6.45) is 4.04. The molecule has 2 N–H and O–H groups in total. The number of halogens is 1. The molecule has 2 aromatic carbocycles. The SMILES string of the molecule is C/C=C/c1ccc(OCC(=O)NCCC(=O)Nc2ccc(Br)cc2)c(OC)c1. The molecule has 2 amide bonds. The molecule has 6 nitrogen and oxygen atoms in total. The third kappa shape index (κ3) is 7.08. The van der Waals surface area contributed by atoms with Gasteiger partial charge in [0.1, 0.15) is 0 Å². The van der Waals surface area contributed by atoms with Crippen LogP contribution in [-0.2, 0) is 9.59 Å². The van der Waals surface area contributed by atoms with E-state index in [0.717, 1.165) is 10.0 Å². The Bertz CT molecular complexity index is 835. The van der Waals surface area contributed by atoms with E-state index in [2.05, 4.69) is 26.6 Å². The zero-order valence-electron chi connectivity index (χ0n) is 15.8. The number of benzene rings is 2. The summed E-state index contributed by atoms with van der Waals surface area (Å²) in [6.45, 7) is 2.00. The van der Waals surface area contributed by atoms with Gasteiger partial charge in [-0.05, 0) is 48.9 Å². The molecule has 148 valence electrons. The summed E-state index contributed by atoms with van der Waals surface area (Å²) < 4.78 is 11.8. The molecule has 2 aromatic rings. The van der Waals surface area contributed by atoms with Gasteiger partial charge in [-0.1, -0.05) is 34.1 Å². The minimum Gasteiger partial charge on any atom is -0.493 e. The predicted octanol–water partition coefficient (Wildman–Crippen LogP) is 4.01. The molecule has 0 unspecified atom stereocenters. The average Bonchev–Trinajstić information content (AvgIpc) is 2.69. The van der Waals surface area contributed by atoms with Crippen LogP contribution < -0.4 is 20.1 Å². The Labute approximate surface area is 173 Å². The summed E-state index contributed by atoms with van der Waals surface area (Å²) in [5, 5.41) is 5.43. The van der Waals surface area contributed by atoms with Gasteiger partial charge in [0.2, 0.25) is 5.91 Å². The van der Waals surface area contributed by atoms with Crippen LogP contribution in [0.2, 0.25) is 0 Å². The van der Waals surface area contributed by atoms with Gasteiger partial charge in [0, 0.05) is 23.1 Å². The number of methoxy groups -OCH3 is 1. The van der Waals surface area contributed by atoms with Crippen LogP contribution in [0.15, 0.2) is 53.0 Å². The average molecular weight is 447 g/mol. The van der Waals surface area contributed by atoms with Crippen LogP contribution in [0, 0.1) is 0 Å². The molecule has 0 heterocycles. The smallest absolute Gasteiger partial charge is 0.257 e. The first-order chi connectivity index (χ1) is 13.5. The predicted molar refractivity (Wildman–Crippen MR) is 114 cm³/mol. The van der Waals surface area contributed by atoms with Crippen molar-refractivity contribution >= 4 is 39.5 Å². The topological polar surface area (TPSA) is 76.7 Å². The van der Waals surface area contributed by atoms with E-state index < -0.39 is 0 Å². The number of ether oxygens (including phenoxy) is 2. The van der Waals surface area contributed by atoms with Gasteiger partial charge in [-0.25, -0.2) is 0 Å². The number of carbonyl (C=O) groups is 2. The number of carbonyl (C=O) groups excluding carboxylic acids is 2. The monoisotopic (exact) mass is 446 g/mol. The number of hydrogen-bond donors (Lipinski definition) is 2. The third-order valence-corrected chi connectivity index (χ3v) is 4.24. The van der Waals surface area contributed by atoms with Crippen LogP contribution in [0.3, 0.4) is 0 Å². The van der Waals surface area contributed by atoms with Crippen molar-refractivity contribution in [2.24, 2.45) is 0 Å². The molecular formula is C21H23BrN2O4. The highest BCUT2D eigenvalue weighted by molar-refractivity contribution is 9.10. The summed E-state index contributed by atoms with van der Waals surface area (Å²) in [5.41, 5.74) is 1.68. The fraction of sp³-hybridized carbons (Fsp3) is 0.238. The molecule has 0 aromatic heterocycles. The lowest BCUT2D eigenvalue weighted by Gasteiger charge is -2.11. The molecule has 0 saturated carbocycles. The molecule has 2 rings (SSSR count). The summed E-state index contributed by atoms with van der Waals surface area (Å²) in [5.74, 6) is 0.553.